The molecule has 0 amide bonds. The van der Waals surface area contributed by atoms with E-state index >= 15 is 0 Å². The molecule has 0 saturated carbocycles. The van der Waals surface area contributed by atoms with E-state index in [1.807, 2.05) is 26.0 Å². The zero-order valence-electron chi connectivity index (χ0n) is 12.3. The van der Waals surface area contributed by atoms with Gasteiger partial charge in [0.25, 0.3) is 0 Å². The lowest BCUT2D eigenvalue weighted by atomic mass is 10.2. The van der Waals surface area contributed by atoms with Gasteiger partial charge in [-0.15, -0.1) is 0 Å². The molecule has 1 aliphatic rings. The van der Waals surface area contributed by atoms with Crippen molar-refractivity contribution >= 4 is 21.6 Å². The second-order valence-corrected chi connectivity index (χ2v) is 7.71. The van der Waals surface area contributed by atoms with E-state index in [-0.39, 0.29) is 16.0 Å². The van der Waals surface area contributed by atoms with Gasteiger partial charge < -0.3 is 4.57 Å². The number of rotatable bonds is 2. The minimum atomic E-state index is -3.91. The van der Waals surface area contributed by atoms with Crippen LogP contribution in [0.15, 0.2) is 35.2 Å². The van der Waals surface area contributed by atoms with E-state index < -0.39 is 15.8 Å². The van der Waals surface area contributed by atoms with E-state index in [0.717, 1.165) is 17.5 Å². The van der Waals surface area contributed by atoms with Gasteiger partial charge >= 0.3 is 0 Å². The Morgan fingerprint density at radius 3 is 2.64 bits per heavy atom. The van der Waals surface area contributed by atoms with Crippen LogP contribution in [0.1, 0.15) is 24.4 Å². The summed E-state index contributed by atoms with van der Waals surface area (Å²) in [5.41, 5.74) is 2.01. The third kappa shape index (κ3) is 2.35. The second-order valence-electron chi connectivity index (χ2n) is 5.42. The van der Waals surface area contributed by atoms with Crippen molar-refractivity contribution in [2.24, 2.45) is 0 Å². The highest BCUT2D eigenvalue weighted by Gasteiger charge is 2.35. The van der Waals surface area contributed by atoms with E-state index in [1.165, 1.54) is 16.4 Å². The van der Waals surface area contributed by atoms with Crippen LogP contribution >= 0.6 is 11.6 Å². The number of hydrogen-bond donors (Lipinski definition) is 0. The van der Waals surface area contributed by atoms with Crippen LogP contribution in [-0.2, 0) is 16.6 Å². The quantitative estimate of drug-likeness (QED) is 0.840. The van der Waals surface area contributed by atoms with Crippen LogP contribution in [0.2, 0.25) is 5.02 Å². The summed E-state index contributed by atoms with van der Waals surface area (Å²) in [6, 6.07) is 7.17. The number of fused-ring (bicyclic) bond motifs is 1. The summed E-state index contributed by atoms with van der Waals surface area (Å²) in [4.78, 5) is -0.333. The SMILES string of the molecule is Cc1ccc2n1CCN(S(=O)(=O)c1ccc(Cl)cc1F)[C@H]2C. The standard InChI is InChI=1S/C15H16ClFN2O2S/c1-10-3-5-14-11(2)19(8-7-18(10)14)22(20,21)15-6-4-12(16)9-13(15)17/h3-6,9,11H,7-8H2,1-2H3/t11-/m0/s1. The molecule has 22 heavy (non-hydrogen) atoms. The fourth-order valence-corrected chi connectivity index (χ4v) is 4.74. The van der Waals surface area contributed by atoms with E-state index in [4.69, 9.17) is 11.6 Å². The van der Waals surface area contributed by atoms with Gasteiger partial charge in [0, 0.05) is 29.5 Å². The van der Waals surface area contributed by atoms with Gasteiger partial charge in [0.1, 0.15) is 10.7 Å². The van der Waals surface area contributed by atoms with Crippen molar-refractivity contribution in [3.05, 3.63) is 52.6 Å². The summed E-state index contributed by atoms with van der Waals surface area (Å²) in [6.45, 7) is 4.68. The van der Waals surface area contributed by atoms with Crippen molar-refractivity contribution in [2.75, 3.05) is 6.54 Å². The molecule has 2 heterocycles. The van der Waals surface area contributed by atoms with Crippen LogP contribution in [0, 0.1) is 12.7 Å². The predicted octanol–water partition coefficient (Wildman–Crippen LogP) is 3.35. The molecule has 0 N–H and O–H groups in total. The number of sulfonamides is 1. The Labute approximate surface area is 134 Å². The molecule has 0 aliphatic carbocycles. The fourth-order valence-electron chi connectivity index (χ4n) is 2.94. The number of nitrogens with zero attached hydrogens (tertiary/aromatic N) is 2. The number of aromatic nitrogens is 1. The van der Waals surface area contributed by atoms with Gasteiger partial charge in [-0.05, 0) is 44.2 Å². The smallest absolute Gasteiger partial charge is 0.246 e. The van der Waals surface area contributed by atoms with E-state index in [2.05, 4.69) is 4.57 Å². The predicted molar refractivity (Wildman–Crippen MR) is 82.9 cm³/mol. The molecule has 1 aliphatic heterocycles. The largest absolute Gasteiger partial charge is 0.346 e. The Kier molecular flexibility index (Phi) is 3.79. The Morgan fingerprint density at radius 1 is 1.23 bits per heavy atom. The number of hydrogen-bond acceptors (Lipinski definition) is 2. The topological polar surface area (TPSA) is 42.3 Å². The Bertz CT molecular complexity index is 832. The maximum atomic E-state index is 14.0. The third-order valence-corrected chi connectivity index (χ3v) is 6.36. The molecule has 0 bridgehead atoms. The highest BCUT2D eigenvalue weighted by molar-refractivity contribution is 7.89. The lowest BCUT2D eigenvalue weighted by molar-refractivity contribution is 0.279. The van der Waals surface area contributed by atoms with Gasteiger partial charge in [-0.1, -0.05) is 11.6 Å². The van der Waals surface area contributed by atoms with Crippen LogP contribution in [0.4, 0.5) is 4.39 Å². The molecule has 0 radical (unpaired) electrons. The molecule has 0 unspecified atom stereocenters. The first-order valence-electron chi connectivity index (χ1n) is 6.95. The summed E-state index contributed by atoms with van der Waals surface area (Å²) < 4.78 is 43.0. The molecule has 7 heteroatoms. The molecule has 0 fully saturated rings. The Hall–Kier alpha value is -1.37. The van der Waals surface area contributed by atoms with Crippen LogP contribution in [-0.4, -0.2) is 23.8 Å². The molecular weight excluding hydrogens is 327 g/mol. The Morgan fingerprint density at radius 2 is 1.95 bits per heavy atom. The molecule has 4 nitrogen and oxygen atoms in total. The first kappa shape index (κ1) is 15.5. The van der Waals surface area contributed by atoms with Crippen LogP contribution in [0.5, 0.6) is 0 Å². The van der Waals surface area contributed by atoms with Crippen LogP contribution in [0.25, 0.3) is 0 Å². The summed E-state index contributed by atoms with van der Waals surface area (Å²) in [6.07, 6.45) is 0. The second kappa shape index (κ2) is 5.37. The van der Waals surface area contributed by atoms with Crippen molar-refractivity contribution in [2.45, 2.75) is 31.3 Å². The zero-order chi connectivity index (χ0) is 16.1. The number of aryl methyl sites for hydroxylation is 1. The molecular formula is C15H16ClFN2O2S. The lowest BCUT2D eigenvalue weighted by Gasteiger charge is -2.34. The molecule has 1 aromatic heterocycles. The lowest BCUT2D eigenvalue weighted by Crippen LogP contribution is -2.41. The van der Waals surface area contributed by atoms with Crippen molar-refractivity contribution in [3.8, 4) is 0 Å². The average molecular weight is 343 g/mol. The number of benzene rings is 1. The van der Waals surface area contributed by atoms with Gasteiger partial charge in [0.2, 0.25) is 10.0 Å². The van der Waals surface area contributed by atoms with E-state index in [9.17, 15) is 12.8 Å². The minimum Gasteiger partial charge on any atom is -0.346 e. The summed E-state index contributed by atoms with van der Waals surface area (Å²) in [5, 5.41) is 0.174. The third-order valence-electron chi connectivity index (χ3n) is 4.12. The molecule has 2 aromatic rings. The molecule has 1 aromatic carbocycles. The van der Waals surface area contributed by atoms with Crippen molar-refractivity contribution < 1.29 is 12.8 Å². The van der Waals surface area contributed by atoms with Crippen molar-refractivity contribution in [1.82, 2.24) is 8.87 Å². The van der Waals surface area contributed by atoms with Gasteiger partial charge in [-0.3, -0.25) is 0 Å². The van der Waals surface area contributed by atoms with E-state index in [1.54, 1.807) is 0 Å². The first-order chi connectivity index (χ1) is 10.3. The normalized spacial score (nSPS) is 19.2. The fraction of sp³-hybridized carbons (Fsp3) is 0.333. The summed E-state index contributed by atoms with van der Waals surface area (Å²) in [5.74, 6) is -0.822. The molecule has 3 rings (SSSR count). The van der Waals surface area contributed by atoms with Gasteiger partial charge in [0.15, 0.2) is 0 Å². The Balaban J connectivity index is 2.03. The zero-order valence-corrected chi connectivity index (χ0v) is 13.8. The molecule has 0 saturated heterocycles. The molecule has 0 spiro atoms. The summed E-state index contributed by atoms with van der Waals surface area (Å²) in [7, 11) is -3.91. The molecule has 1 atom stereocenters. The van der Waals surface area contributed by atoms with E-state index in [0.29, 0.717) is 13.1 Å². The van der Waals surface area contributed by atoms with Gasteiger partial charge in [-0.2, -0.15) is 4.31 Å². The average Bonchev–Trinajstić information content (AvgIpc) is 2.81. The van der Waals surface area contributed by atoms with Gasteiger partial charge in [0.05, 0.1) is 6.04 Å². The number of halogens is 2. The monoisotopic (exact) mass is 342 g/mol. The van der Waals surface area contributed by atoms with Crippen LogP contribution in [0.3, 0.4) is 0 Å². The highest BCUT2D eigenvalue weighted by atomic mass is 35.5. The van der Waals surface area contributed by atoms with Gasteiger partial charge in [-0.25, -0.2) is 12.8 Å². The van der Waals surface area contributed by atoms with Crippen LogP contribution < -0.4 is 0 Å². The molecule has 118 valence electrons. The maximum Gasteiger partial charge on any atom is 0.246 e. The maximum absolute atomic E-state index is 14.0. The summed E-state index contributed by atoms with van der Waals surface area (Å²) >= 11 is 5.70. The minimum absolute atomic E-state index is 0.174. The highest BCUT2D eigenvalue weighted by Crippen LogP contribution is 2.33. The van der Waals surface area contributed by atoms with Crippen molar-refractivity contribution in [1.29, 1.82) is 0 Å². The van der Waals surface area contributed by atoms with Crippen molar-refractivity contribution in [3.63, 3.8) is 0 Å². The first-order valence-corrected chi connectivity index (χ1v) is 8.77.